The number of para-hydroxylation sites is 1. The number of halogens is 4. The maximum Gasteiger partial charge on any atom is 0.419 e. The first-order valence-corrected chi connectivity index (χ1v) is 9.08. The number of aryl methyl sites for hydroxylation is 1. The molecular weight excluding hydrogens is 356 g/mol. The second-order valence-corrected chi connectivity index (χ2v) is 6.96. The lowest BCUT2D eigenvalue weighted by Crippen LogP contribution is -2.22. The van der Waals surface area contributed by atoms with Crippen LogP contribution in [0.2, 0.25) is 0 Å². The number of alkyl halides is 3. The Hall–Kier alpha value is -2.50. The number of benzene rings is 2. The van der Waals surface area contributed by atoms with Gasteiger partial charge in [0.2, 0.25) is 0 Å². The lowest BCUT2D eigenvalue weighted by Gasteiger charge is -2.21. The molecule has 2 nitrogen and oxygen atoms in total. The Balaban J connectivity index is 1.66. The quantitative estimate of drug-likeness (QED) is 0.524. The zero-order valence-electron chi connectivity index (χ0n) is 14.9. The highest BCUT2D eigenvalue weighted by molar-refractivity contribution is 5.84. The summed E-state index contributed by atoms with van der Waals surface area (Å²) in [6.45, 7) is 3.97. The van der Waals surface area contributed by atoms with Gasteiger partial charge in [-0.3, -0.25) is 0 Å². The van der Waals surface area contributed by atoms with Crippen molar-refractivity contribution >= 4 is 16.6 Å². The van der Waals surface area contributed by atoms with E-state index in [9.17, 15) is 17.6 Å². The van der Waals surface area contributed by atoms with Crippen LogP contribution in [0, 0.1) is 5.82 Å². The number of nitrogens with zero attached hydrogens (tertiary/aromatic N) is 2. The molecule has 0 radical (unpaired) electrons. The lowest BCUT2D eigenvalue weighted by molar-refractivity contribution is -0.139. The Morgan fingerprint density at radius 2 is 1.85 bits per heavy atom. The first-order chi connectivity index (χ1) is 12.9. The van der Waals surface area contributed by atoms with Crippen molar-refractivity contribution in [1.29, 1.82) is 0 Å². The highest BCUT2D eigenvalue weighted by atomic mass is 19.4. The standard InChI is InChI=1S/C21H20F4N2/c1-2-26-13-16(15-6-3-4-8-18(15)26)14-10-11-27(12-14)19-9-5-7-17(20(19)22)21(23,24)25/h3-9,13-14H,2,10-12H2,1H3. The van der Waals surface area contributed by atoms with Gasteiger partial charge in [0.25, 0.3) is 0 Å². The Labute approximate surface area is 155 Å². The van der Waals surface area contributed by atoms with Crippen molar-refractivity contribution in [3.63, 3.8) is 0 Å². The lowest BCUT2D eigenvalue weighted by atomic mass is 9.98. The maximum absolute atomic E-state index is 14.5. The highest BCUT2D eigenvalue weighted by Gasteiger charge is 2.36. The molecule has 0 N–H and O–H groups in total. The van der Waals surface area contributed by atoms with Crippen LogP contribution in [0.3, 0.4) is 0 Å². The van der Waals surface area contributed by atoms with Crippen LogP contribution in [-0.2, 0) is 12.7 Å². The largest absolute Gasteiger partial charge is 0.419 e. The van der Waals surface area contributed by atoms with Gasteiger partial charge < -0.3 is 9.47 Å². The average molecular weight is 376 g/mol. The van der Waals surface area contributed by atoms with Gasteiger partial charge in [-0.1, -0.05) is 24.3 Å². The van der Waals surface area contributed by atoms with E-state index in [1.165, 1.54) is 17.7 Å². The van der Waals surface area contributed by atoms with Gasteiger partial charge in [-0.2, -0.15) is 13.2 Å². The molecule has 0 aliphatic carbocycles. The molecule has 0 spiro atoms. The minimum absolute atomic E-state index is 0.0338. The molecule has 6 heteroatoms. The van der Waals surface area contributed by atoms with Gasteiger partial charge in [-0.05, 0) is 37.1 Å². The number of aromatic nitrogens is 1. The monoisotopic (exact) mass is 376 g/mol. The predicted octanol–water partition coefficient (Wildman–Crippen LogP) is 5.81. The molecule has 3 aromatic rings. The van der Waals surface area contributed by atoms with E-state index in [-0.39, 0.29) is 11.6 Å². The Morgan fingerprint density at radius 3 is 2.59 bits per heavy atom. The molecular formula is C21H20F4N2. The van der Waals surface area contributed by atoms with Gasteiger partial charge in [0.15, 0.2) is 5.82 Å². The second kappa shape index (κ2) is 6.59. The van der Waals surface area contributed by atoms with Gasteiger partial charge >= 0.3 is 6.18 Å². The van der Waals surface area contributed by atoms with Crippen molar-refractivity contribution in [2.75, 3.05) is 18.0 Å². The second-order valence-electron chi connectivity index (χ2n) is 6.96. The SMILES string of the molecule is CCn1cc(C2CCN(c3cccc(C(F)(F)F)c3F)C2)c2ccccc21. The van der Waals surface area contributed by atoms with E-state index in [2.05, 4.69) is 29.8 Å². The summed E-state index contributed by atoms with van der Waals surface area (Å²) in [4.78, 5) is 1.73. The highest BCUT2D eigenvalue weighted by Crippen LogP contribution is 2.39. The minimum Gasteiger partial charge on any atom is -0.369 e. The fraction of sp³-hybridized carbons (Fsp3) is 0.333. The molecule has 1 unspecified atom stereocenters. The van der Waals surface area contributed by atoms with Crippen molar-refractivity contribution in [3.8, 4) is 0 Å². The summed E-state index contributed by atoms with van der Waals surface area (Å²) in [7, 11) is 0. The molecule has 1 fully saturated rings. The number of hydrogen-bond donors (Lipinski definition) is 0. The summed E-state index contributed by atoms with van der Waals surface area (Å²) in [5.41, 5.74) is 1.17. The Kier molecular flexibility index (Phi) is 4.36. The van der Waals surface area contributed by atoms with E-state index in [0.29, 0.717) is 13.1 Å². The maximum atomic E-state index is 14.5. The van der Waals surface area contributed by atoms with E-state index in [0.717, 1.165) is 29.9 Å². The van der Waals surface area contributed by atoms with Crippen LogP contribution in [0.1, 0.15) is 30.4 Å². The van der Waals surface area contributed by atoms with E-state index in [1.54, 1.807) is 4.90 Å². The summed E-state index contributed by atoms with van der Waals surface area (Å²) in [6.07, 6.45) is -1.78. The molecule has 4 rings (SSSR count). The topological polar surface area (TPSA) is 8.17 Å². The predicted molar refractivity (Wildman–Crippen MR) is 98.6 cm³/mol. The Morgan fingerprint density at radius 1 is 1.07 bits per heavy atom. The molecule has 1 saturated heterocycles. The summed E-state index contributed by atoms with van der Waals surface area (Å²) < 4.78 is 55.7. The van der Waals surface area contributed by atoms with Crippen LogP contribution >= 0.6 is 0 Å². The number of hydrogen-bond acceptors (Lipinski definition) is 1. The number of rotatable bonds is 3. The zero-order chi connectivity index (χ0) is 19.2. The van der Waals surface area contributed by atoms with Gasteiger partial charge in [-0.15, -0.1) is 0 Å². The van der Waals surface area contributed by atoms with E-state index in [1.807, 2.05) is 12.1 Å². The van der Waals surface area contributed by atoms with Gasteiger partial charge in [0.05, 0.1) is 11.3 Å². The van der Waals surface area contributed by atoms with E-state index < -0.39 is 17.6 Å². The molecule has 0 saturated carbocycles. The zero-order valence-corrected chi connectivity index (χ0v) is 14.9. The summed E-state index contributed by atoms with van der Waals surface area (Å²) in [6, 6.07) is 11.6. The summed E-state index contributed by atoms with van der Waals surface area (Å²) in [5.74, 6) is -1.02. The molecule has 0 amide bonds. The van der Waals surface area contributed by atoms with Gasteiger partial charge in [0.1, 0.15) is 0 Å². The van der Waals surface area contributed by atoms with Crippen molar-refractivity contribution in [3.05, 3.63) is 65.6 Å². The molecule has 1 atom stereocenters. The normalized spacial score (nSPS) is 17.8. The van der Waals surface area contributed by atoms with Crippen molar-refractivity contribution in [2.24, 2.45) is 0 Å². The van der Waals surface area contributed by atoms with Crippen LogP contribution in [0.4, 0.5) is 23.2 Å². The fourth-order valence-corrected chi connectivity index (χ4v) is 4.08. The van der Waals surface area contributed by atoms with Crippen molar-refractivity contribution in [1.82, 2.24) is 4.57 Å². The number of anilines is 1. The smallest absolute Gasteiger partial charge is 0.369 e. The first-order valence-electron chi connectivity index (χ1n) is 9.08. The minimum atomic E-state index is -4.69. The van der Waals surface area contributed by atoms with Crippen LogP contribution in [0.25, 0.3) is 10.9 Å². The van der Waals surface area contributed by atoms with Crippen LogP contribution in [0.15, 0.2) is 48.7 Å². The molecule has 142 valence electrons. The van der Waals surface area contributed by atoms with Gasteiger partial charge in [0, 0.05) is 42.7 Å². The van der Waals surface area contributed by atoms with Crippen LogP contribution in [0.5, 0.6) is 0 Å². The molecule has 1 aromatic heterocycles. The van der Waals surface area contributed by atoms with Crippen molar-refractivity contribution in [2.45, 2.75) is 32.0 Å². The molecule has 1 aliphatic heterocycles. The third-order valence-electron chi connectivity index (χ3n) is 5.41. The first kappa shape index (κ1) is 17.9. The third-order valence-corrected chi connectivity index (χ3v) is 5.41. The molecule has 27 heavy (non-hydrogen) atoms. The molecule has 0 bridgehead atoms. The Bertz CT molecular complexity index is 974. The average Bonchev–Trinajstić information content (AvgIpc) is 3.25. The van der Waals surface area contributed by atoms with Crippen LogP contribution in [-0.4, -0.2) is 17.7 Å². The van der Waals surface area contributed by atoms with E-state index >= 15 is 0 Å². The summed E-state index contributed by atoms with van der Waals surface area (Å²) >= 11 is 0. The van der Waals surface area contributed by atoms with Gasteiger partial charge in [-0.25, -0.2) is 4.39 Å². The van der Waals surface area contributed by atoms with Crippen LogP contribution < -0.4 is 4.90 Å². The fourth-order valence-electron chi connectivity index (χ4n) is 4.08. The molecule has 2 heterocycles. The van der Waals surface area contributed by atoms with Crippen molar-refractivity contribution < 1.29 is 17.6 Å². The number of fused-ring (bicyclic) bond motifs is 1. The summed E-state index contributed by atoms with van der Waals surface area (Å²) in [5, 5.41) is 1.16. The molecule has 2 aromatic carbocycles. The third kappa shape index (κ3) is 3.07. The van der Waals surface area contributed by atoms with E-state index in [4.69, 9.17) is 0 Å². The molecule has 1 aliphatic rings.